The van der Waals surface area contributed by atoms with Crippen molar-refractivity contribution in [3.05, 3.63) is 62.1 Å². The summed E-state index contributed by atoms with van der Waals surface area (Å²) in [5.41, 5.74) is -0.474. The third-order valence-electron chi connectivity index (χ3n) is 2.61. The summed E-state index contributed by atoms with van der Waals surface area (Å²) in [6, 6.07) is 7.76. The summed E-state index contributed by atoms with van der Waals surface area (Å²) in [6.45, 7) is 0. The topological polar surface area (TPSA) is 92.5 Å². The standard InChI is InChI=1S/C13H8Cl2N2O4/c14-7-2-4-12(18)9(5-7)13(19)16-10-3-1-8(15)6-11(10)17(20)21/h1-6,18H,(H,16,19). The molecule has 0 radical (unpaired) electrons. The molecule has 108 valence electrons. The zero-order chi connectivity index (χ0) is 15.6. The van der Waals surface area contributed by atoms with E-state index in [9.17, 15) is 20.0 Å². The highest BCUT2D eigenvalue weighted by atomic mass is 35.5. The van der Waals surface area contributed by atoms with Crippen LogP contribution in [-0.4, -0.2) is 15.9 Å². The molecular formula is C13H8Cl2N2O4. The van der Waals surface area contributed by atoms with E-state index in [0.29, 0.717) is 0 Å². The number of nitrogens with one attached hydrogen (secondary N) is 1. The first-order valence-corrected chi connectivity index (χ1v) is 6.38. The number of carbonyl (C=O) groups is 1. The van der Waals surface area contributed by atoms with E-state index in [0.717, 1.165) is 6.07 Å². The first-order chi connectivity index (χ1) is 9.88. The van der Waals surface area contributed by atoms with E-state index in [1.54, 1.807) is 0 Å². The number of halogens is 2. The Hall–Kier alpha value is -2.31. The summed E-state index contributed by atoms with van der Waals surface area (Å²) in [5, 5.41) is 23.3. The molecule has 0 aliphatic rings. The quantitative estimate of drug-likeness (QED) is 0.661. The van der Waals surface area contributed by atoms with Gasteiger partial charge in [0.05, 0.1) is 10.5 Å². The van der Waals surface area contributed by atoms with Crippen molar-refractivity contribution in [3.63, 3.8) is 0 Å². The van der Waals surface area contributed by atoms with Crippen LogP contribution in [0.5, 0.6) is 5.75 Å². The van der Waals surface area contributed by atoms with Gasteiger partial charge < -0.3 is 10.4 Å². The van der Waals surface area contributed by atoms with Gasteiger partial charge in [-0.25, -0.2) is 0 Å². The van der Waals surface area contributed by atoms with Gasteiger partial charge in [0.2, 0.25) is 0 Å². The molecule has 0 spiro atoms. The van der Waals surface area contributed by atoms with Crippen LogP contribution >= 0.6 is 23.2 Å². The molecule has 21 heavy (non-hydrogen) atoms. The van der Waals surface area contributed by atoms with Crippen molar-refractivity contribution in [3.8, 4) is 5.75 Å². The molecule has 0 aliphatic heterocycles. The summed E-state index contributed by atoms with van der Waals surface area (Å²) in [4.78, 5) is 22.3. The Morgan fingerprint density at radius 3 is 2.43 bits per heavy atom. The van der Waals surface area contributed by atoms with Crippen molar-refractivity contribution in [2.75, 3.05) is 5.32 Å². The van der Waals surface area contributed by atoms with E-state index in [1.807, 2.05) is 0 Å². The molecule has 0 aromatic heterocycles. The molecule has 0 fully saturated rings. The SMILES string of the molecule is O=C(Nc1ccc(Cl)cc1[N+](=O)[O-])c1cc(Cl)ccc1O. The van der Waals surface area contributed by atoms with E-state index in [1.165, 1.54) is 30.3 Å². The van der Waals surface area contributed by atoms with Crippen molar-refractivity contribution >= 4 is 40.5 Å². The number of benzene rings is 2. The largest absolute Gasteiger partial charge is 0.507 e. The second-order valence-corrected chi connectivity index (χ2v) is 4.91. The van der Waals surface area contributed by atoms with Crippen LogP contribution in [0.25, 0.3) is 0 Å². The average Bonchev–Trinajstić information content (AvgIpc) is 2.43. The van der Waals surface area contributed by atoms with Gasteiger partial charge in [0.15, 0.2) is 0 Å². The average molecular weight is 327 g/mol. The normalized spacial score (nSPS) is 10.2. The molecule has 2 N–H and O–H groups in total. The van der Waals surface area contributed by atoms with Gasteiger partial charge in [0.1, 0.15) is 11.4 Å². The number of aromatic hydroxyl groups is 1. The molecule has 0 atom stereocenters. The van der Waals surface area contributed by atoms with Crippen LogP contribution in [0.2, 0.25) is 10.0 Å². The van der Waals surface area contributed by atoms with Crippen LogP contribution in [-0.2, 0) is 0 Å². The van der Waals surface area contributed by atoms with E-state index >= 15 is 0 Å². The summed E-state index contributed by atoms with van der Waals surface area (Å²) in [5.74, 6) is -1.01. The number of anilines is 1. The minimum Gasteiger partial charge on any atom is -0.507 e. The molecule has 8 heteroatoms. The zero-order valence-electron chi connectivity index (χ0n) is 10.3. The van der Waals surface area contributed by atoms with Gasteiger partial charge in [-0.15, -0.1) is 0 Å². The number of hydrogen-bond donors (Lipinski definition) is 2. The van der Waals surface area contributed by atoms with Gasteiger partial charge in [-0.05, 0) is 30.3 Å². The third-order valence-corrected chi connectivity index (χ3v) is 3.08. The first kappa shape index (κ1) is 15.1. The maximum atomic E-state index is 12.1. The number of carbonyl (C=O) groups excluding carboxylic acids is 1. The smallest absolute Gasteiger partial charge is 0.294 e. The summed E-state index contributed by atoms with van der Waals surface area (Å²) < 4.78 is 0. The number of phenolic OH excluding ortho intramolecular Hbond substituents is 1. The Kier molecular flexibility index (Phi) is 4.30. The van der Waals surface area contributed by atoms with Crippen molar-refractivity contribution < 1.29 is 14.8 Å². The number of nitrogens with zero attached hydrogens (tertiary/aromatic N) is 1. The van der Waals surface area contributed by atoms with Gasteiger partial charge in [-0.3, -0.25) is 14.9 Å². The lowest BCUT2D eigenvalue weighted by atomic mass is 10.1. The van der Waals surface area contributed by atoms with Gasteiger partial charge in [0, 0.05) is 16.1 Å². The number of nitro benzene ring substituents is 1. The van der Waals surface area contributed by atoms with Crippen molar-refractivity contribution in [2.45, 2.75) is 0 Å². The fourth-order valence-electron chi connectivity index (χ4n) is 1.64. The molecular weight excluding hydrogens is 319 g/mol. The lowest BCUT2D eigenvalue weighted by molar-refractivity contribution is -0.383. The highest BCUT2D eigenvalue weighted by Gasteiger charge is 2.19. The molecule has 0 unspecified atom stereocenters. The maximum Gasteiger partial charge on any atom is 0.294 e. The summed E-state index contributed by atoms with van der Waals surface area (Å²) in [7, 11) is 0. The number of phenols is 1. The van der Waals surface area contributed by atoms with E-state index in [2.05, 4.69) is 5.32 Å². The number of nitro groups is 1. The minimum absolute atomic E-state index is 0.0335. The summed E-state index contributed by atoms with van der Waals surface area (Å²) >= 11 is 11.4. The first-order valence-electron chi connectivity index (χ1n) is 5.62. The zero-order valence-corrected chi connectivity index (χ0v) is 11.9. The fourth-order valence-corrected chi connectivity index (χ4v) is 1.98. The summed E-state index contributed by atoms with van der Waals surface area (Å²) in [6.07, 6.45) is 0. The van der Waals surface area contributed by atoms with E-state index in [-0.39, 0.29) is 32.7 Å². The minimum atomic E-state index is -0.722. The second kappa shape index (κ2) is 5.99. The Balaban J connectivity index is 2.36. The van der Waals surface area contributed by atoms with Gasteiger partial charge in [0.25, 0.3) is 11.6 Å². The molecule has 2 aromatic carbocycles. The molecule has 0 heterocycles. The molecule has 0 aliphatic carbocycles. The molecule has 2 aromatic rings. The van der Waals surface area contributed by atoms with Crippen molar-refractivity contribution in [2.24, 2.45) is 0 Å². The Bertz CT molecular complexity index is 734. The lowest BCUT2D eigenvalue weighted by Gasteiger charge is -2.08. The van der Waals surface area contributed by atoms with Crippen molar-refractivity contribution in [1.82, 2.24) is 0 Å². The van der Waals surface area contributed by atoms with Crippen LogP contribution in [0.3, 0.4) is 0 Å². The monoisotopic (exact) mass is 326 g/mol. The van der Waals surface area contributed by atoms with Crippen molar-refractivity contribution in [1.29, 1.82) is 0 Å². The lowest BCUT2D eigenvalue weighted by Crippen LogP contribution is -2.13. The van der Waals surface area contributed by atoms with E-state index < -0.39 is 10.8 Å². The Morgan fingerprint density at radius 1 is 1.14 bits per heavy atom. The number of amides is 1. The third kappa shape index (κ3) is 3.42. The van der Waals surface area contributed by atoms with Crippen LogP contribution < -0.4 is 5.32 Å². The molecule has 6 nitrogen and oxygen atoms in total. The predicted molar refractivity (Wildman–Crippen MR) is 79.2 cm³/mol. The predicted octanol–water partition coefficient (Wildman–Crippen LogP) is 3.86. The molecule has 2 rings (SSSR count). The highest BCUT2D eigenvalue weighted by molar-refractivity contribution is 6.31. The van der Waals surface area contributed by atoms with Crippen LogP contribution in [0.1, 0.15) is 10.4 Å². The molecule has 0 saturated carbocycles. The van der Waals surface area contributed by atoms with Gasteiger partial charge >= 0.3 is 0 Å². The molecule has 0 saturated heterocycles. The van der Waals surface area contributed by atoms with Gasteiger partial charge in [-0.1, -0.05) is 23.2 Å². The number of hydrogen-bond acceptors (Lipinski definition) is 4. The van der Waals surface area contributed by atoms with Crippen LogP contribution in [0.15, 0.2) is 36.4 Å². The van der Waals surface area contributed by atoms with Crippen LogP contribution in [0.4, 0.5) is 11.4 Å². The molecule has 0 bridgehead atoms. The number of rotatable bonds is 3. The van der Waals surface area contributed by atoms with Gasteiger partial charge in [-0.2, -0.15) is 0 Å². The molecule has 1 amide bonds. The maximum absolute atomic E-state index is 12.1. The highest BCUT2D eigenvalue weighted by Crippen LogP contribution is 2.29. The van der Waals surface area contributed by atoms with E-state index in [4.69, 9.17) is 23.2 Å². The van der Waals surface area contributed by atoms with Crippen LogP contribution in [0, 0.1) is 10.1 Å². The Labute approximate surface area is 129 Å². The Morgan fingerprint density at radius 2 is 1.76 bits per heavy atom. The second-order valence-electron chi connectivity index (χ2n) is 4.03. The fraction of sp³-hybridized carbons (Fsp3) is 0.